The van der Waals surface area contributed by atoms with Crippen LogP contribution in [0.2, 0.25) is 0 Å². The van der Waals surface area contributed by atoms with Crippen LogP contribution in [0.3, 0.4) is 0 Å². The van der Waals surface area contributed by atoms with Crippen LogP contribution < -0.4 is 0 Å². The van der Waals surface area contributed by atoms with Gasteiger partial charge in [-0.3, -0.25) is 0 Å². The highest BCUT2D eigenvalue weighted by atomic mass is 19.1. The standard InChI is InChI=1S/C12H5F4N/c13-5-1-7-8-2-6(14)4-10(16)12(8)17-11(7)9(15)3-5/h1-4,17H. The number of aromatic amines is 1. The van der Waals surface area contributed by atoms with Crippen LogP contribution in [0.5, 0.6) is 0 Å². The van der Waals surface area contributed by atoms with Crippen molar-refractivity contribution in [2.75, 3.05) is 0 Å². The molecule has 86 valence electrons. The van der Waals surface area contributed by atoms with Gasteiger partial charge in [-0.15, -0.1) is 0 Å². The molecule has 0 atom stereocenters. The van der Waals surface area contributed by atoms with Gasteiger partial charge in [0.2, 0.25) is 0 Å². The maximum atomic E-state index is 13.4. The lowest BCUT2D eigenvalue weighted by Crippen LogP contribution is -1.80. The molecule has 2 aromatic carbocycles. The first-order valence-corrected chi connectivity index (χ1v) is 4.82. The predicted molar refractivity (Wildman–Crippen MR) is 55.6 cm³/mol. The lowest BCUT2D eigenvalue weighted by molar-refractivity contribution is 0.590. The summed E-state index contributed by atoms with van der Waals surface area (Å²) in [5.41, 5.74) is -0.0724. The summed E-state index contributed by atoms with van der Waals surface area (Å²) >= 11 is 0. The second-order valence-electron chi connectivity index (χ2n) is 3.75. The maximum absolute atomic E-state index is 13.4. The van der Waals surface area contributed by atoms with Crippen LogP contribution in [0.4, 0.5) is 17.6 Å². The van der Waals surface area contributed by atoms with Crippen LogP contribution >= 0.6 is 0 Å². The highest BCUT2D eigenvalue weighted by molar-refractivity contribution is 6.07. The maximum Gasteiger partial charge on any atom is 0.150 e. The van der Waals surface area contributed by atoms with E-state index in [0.717, 1.165) is 12.1 Å². The Morgan fingerprint density at radius 1 is 0.647 bits per heavy atom. The summed E-state index contributed by atoms with van der Waals surface area (Å²) < 4.78 is 53.0. The number of fused-ring (bicyclic) bond motifs is 3. The molecule has 0 amide bonds. The normalized spacial score (nSPS) is 11.5. The molecular formula is C12H5F4N. The van der Waals surface area contributed by atoms with Crippen molar-refractivity contribution >= 4 is 21.8 Å². The third kappa shape index (κ3) is 1.39. The van der Waals surface area contributed by atoms with Crippen molar-refractivity contribution in [3.8, 4) is 0 Å². The van der Waals surface area contributed by atoms with Crippen LogP contribution in [0.1, 0.15) is 0 Å². The van der Waals surface area contributed by atoms with Crippen molar-refractivity contribution in [1.82, 2.24) is 4.98 Å². The minimum Gasteiger partial charge on any atom is -0.350 e. The van der Waals surface area contributed by atoms with Gasteiger partial charge in [-0.1, -0.05) is 0 Å². The molecule has 0 aliphatic rings. The van der Waals surface area contributed by atoms with E-state index in [1.165, 1.54) is 0 Å². The SMILES string of the molecule is Fc1cc(F)c2[nH]c3c(F)cc(F)cc3c2c1. The smallest absolute Gasteiger partial charge is 0.150 e. The number of hydrogen-bond acceptors (Lipinski definition) is 0. The number of aromatic nitrogens is 1. The molecule has 3 rings (SSSR count). The third-order valence-corrected chi connectivity index (χ3v) is 2.65. The molecule has 0 aliphatic carbocycles. The topological polar surface area (TPSA) is 15.8 Å². The number of rotatable bonds is 0. The zero-order chi connectivity index (χ0) is 12.2. The average molecular weight is 239 g/mol. The van der Waals surface area contributed by atoms with E-state index in [4.69, 9.17) is 0 Å². The molecule has 1 heterocycles. The van der Waals surface area contributed by atoms with Crippen molar-refractivity contribution in [1.29, 1.82) is 0 Å². The van der Waals surface area contributed by atoms with Gasteiger partial charge in [0.1, 0.15) is 23.3 Å². The van der Waals surface area contributed by atoms with Crippen molar-refractivity contribution < 1.29 is 17.6 Å². The van der Waals surface area contributed by atoms with E-state index in [2.05, 4.69) is 4.98 Å². The molecule has 0 radical (unpaired) electrons. The zero-order valence-corrected chi connectivity index (χ0v) is 8.32. The molecule has 0 bridgehead atoms. The van der Waals surface area contributed by atoms with Crippen LogP contribution in [0.15, 0.2) is 24.3 Å². The Morgan fingerprint density at radius 3 is 1.47 bits per heavy atom. The Balaban J connectivity index is 2.60. The summed E-state index contributed by atoms with van der Waals surface area (Å²) in [5, 5.41) is 0.242. The van der Waals surface area contributed by atoms with Crippen LogP contribution in [-0.2, 0) is 0 Å². The Hall–Kier alpha value is -2.04. The van der Waals surface area contributed by atoms with Gasteiger partial charge in [-0.25, -0.2) is 17.6 Å². The monoisotopic (exact) mass is 239 g/mol. The summed E-state index contributed by atoms with van der Waals surface area (Å²) in [6.45, 7) is 0. The van der Waals surface area contributed by atoms with Crippen molar-refractivity contribution in [3.05, 3.63) is 47.5 Å². The quantitative estimate of drug-likeness (QED) is 0.573. The molecule has 1 aromatic heterocycles. The van der Waals surface area contributed by atoms with Gasteiger partial charge in [-0.05, 0) is 12.1 Å². The Kier molecular flexibility index (Phi) is 1.92. The van der Waals surface area contributed by atoms with Gasteiger partial charge >= 0.3 is 0 Å². The molecule has 0 unspecified atom stereocenters. The van der Waals surface area contributed by atoms with Crippen LogP contribution in [0.25, 0.3) is 21.8 Å². The van der Waals surface area contributed by atoms with E-state index in [1.54, 1.807) is 0 Å². The van der Waals surface area contributed by atoms with Gasteiger partial charge in [-0.2, -0.15) is 0 Å². The molecule has 1 N–H and O–H groups in total. The molecule has 0 fully saturated rings. The fourth-order valence-electron chi connectivity index (χ4n) is 1.95. The predicted octanol–water partition coefficient (Wildman–Crippen LogP) is 3.88. The number of H-pyrrole nitrogens is 1. The first-order valence-electron chi connectivity index (χ1n) is 4.82. The highest BCUT2D eigenvalue weighted by Crippen LogP contribution is 2.30. The minimum atomic E-state index is -0.837. The van der Waals surface area contributed by atoms with Gasteiger partial charge < -0.3 is 4.98 Å². The van der Waals surface area contributed by atoms with Crippen LogP contribution in [-0.4, -0.2) is 4.98 Å². The van der Waals surface area contributed by atoms with Crippen molar-refractivity contribution in [2.24, 2.45) is 0 Å². The summed E-state index contributed by atoms with van der Waals surface area (Å²) in [6, 6.07) is 3.45. The molecule has 0 spiro atoms. The molecule has 0 aliphatic heterocycles. The van der Waals surface area contributed by atoms with E-state index in [0.29, 0.717) is 12.1 Å². The van der Waals surface area contributed by atoms with Gasteiger partial charge in [0.25, 0.3) is 0 Å². The average Bonchev–Trinajstić information content (AvgIpc) is 2.58. The van der Waals surface area contributed by atoms with E-state index in [1.807, 2.05) is 0 Å². The van der Waals surface area contributed by atoms with E-state index < -0.39 is 23.3 Å². The first-order chi connectivity index (χ1) is 8.06. The lowest BCUT2D eigenvalue weighted by Gasteiger charge is -1.94. The summed E-state index contributed by atoms with van der Waals surface area (Å²) in [5.74, 6) is -3.26. The number of halogens is 4. The van der Waals surface area contributed by atoms with E-state index in [9.17, 15) is 17.6 Å². The van der Waals surface area contributed by atoms with E-state index in [-0.39, 0.29) is 21.8 Å². The third-order valence-electron chi connectivity index (χ3n) is 2.65. The highest BCUT2D eigenvalue weighted by Gasteiger charge is 2.14. The molecule has 5 heteroatoms. The molecule has 1 nitrogen and oxygen atoms in total. The summed E-state index contributed by atoms with van der Waals surface area (Å²) in [7, 11) is 0. The molecule has 17 heavy (non-hydrogen) atoms. The second-order valence-corrected chi connectivity index (χ2v) is 3.75. The molecule has 0 saturated carbocycles. The molecular weight excluding hydrogens is 234 g/mol. The lowest BCUT2D eigenvalue weighted by atomic mass is 10.1. The Morgan fingerprint density at radius 2 is 1.06 bits per heavy atom. The molecule has 0 saturated heterocycles. The second kappa shape index (κ2) is 3.23. The van der Waals surface area contributed by atoms with E-state index >= 15 is 0 Å². The summed E-state index contributed by atoms with van der Waals surface area (Å²) in [6.07, 6.45) is 0. The first kappa shape index (κ1) is 10.1. The van der Waals surface area contributed by atoms with Gasteiger partial charge in [0.15, 0.2) is 0 Å². The fourth-order valence-corrected chi connectivity index (χ4v) is 1.95. The van der Waals surface area contributed by atoms with Crippen molar-refractivity contribution in [3.63, 3.8) is 0 Å². The molecule has 3 aromatic rings. The number of nitrogens with one attached hydrogen (secondary N) is 1. The van der Waals surface area contributed by atoms with Crippen molar-refractivity contribution in [2.45, 2.75) is 0 Å². The zero-order valence-electron chi connectivity index (χ0n) is 8.32. The van der Waals surface area contributed by atoms with Crippen LogP contribution in [0, 0.1) is 23.3 Å². The fraction of sp³-hybridized carbons (Fsp3) is 0. The van der Waals surface area contributed by atoms with Gasteiger partial charge in [0.05, 0.1) is 11.0 Å². The Labute approximate surface area is 92.7 Å². The Bertz CT molecular complexity index is 683. The summed E-state index contributed by atoms with van der Waals surface area (Å²) in [4.78, 5) is 2.49. The number of hydrogen-bond donors (Lipinski definition) is 1. The largest absolute Gasteiger partial charge is 0.350 e. The van der Waals surface area contributed by atoms with Gasteiger partial charge in [0, 0.05) is 22.9 Å². The minimum absolute atomic E-state index is 0.0362. The number of benzene rings is 2.